The van der Waals surface area contributed by atoms with Gasteiger partial charge in [-0.3, -0.25) is 0 Å². The van der Waals surface area contributed by atoms with Crippen LogP contribution in [0.5, 0.6) is 5.75 Å². The number of hydrogen-bond acceptors (Lipinski definition) is 5. The molecule has 0 aliphatic carbocycles. The molecule has 2 aromatic carbocycles. The highest BCUT2D eigenvalue weighted by atomic mass is 16.5. The van der Waals surface area contributed by atoms with Crippen molar-refractivity contribution in [2.45, 2.75) is 20.0 Å². The molecule has 0 atom stereocenters. The number of ether oxygens (including phenoxy) is 1. The summed E-state index contributed by atoms with van der Waals surface area (Å²) in [4.78, 5) is 0. The van der Waals surface area contributed by atoms with Gasteiger partial charge in [-0.1, -0.05) is 47.6 Å². The van der Waals surface area contributed by atoms with Gasteiger partial charge in [0.15, 0.2) is 0 Å². The number of nitrogens with one attached hydrogen (secondary N) is 1. The lowest BCUT2D eigenvalue weighted by Crippen LogP contribution is -2.05. The van der Waals surface area contributed by atoms with Gasteiger partial charge >= 0.3 is 6.01 Å². The molecule has 0 saturated carbocycles. The molecule has 5 heteroatoms. The van der Waals surface area contributed by atoms with Crippen LogP contribution in [0.25, 0.3) is 0 Å². The maximum Gasteiger partial charge on any atom is 0.315 e. The Balaban J connectivity index is 1.50. The number of benzene rings is 2. The zero-order valence-electron chi connectivity index (χ0n) is 13.0. The Bertz CT molecular complexity index is 741. The second-order valence-electron chi connectivity index (χ2n) is 5.22. The molecule has 1 heterocycles. The molecule has 1 aromatic heterocycles. The first-order chi connectivity index (χ1) is 11.3. The molecule has 0 fully saturated rings. The lowest BCUT2D eigenvalue weighted by Gasteiger charge is -2.08. The van der Waals surface area contributed by atoms with Crippen LogP contribution < -0.4 is 10.1 Å². The third-order valence-electron chi connectivity index (χ3n) is 3.36. The standard InChI is InChI=1S/C18H19N3O2/c1-14-20-21-18(23-14)19-11-10-15-8-5-9-17(12-15)22-13-16-6-3-2-4-7-16/h2-9,12H,10-11,13H2,1H3,(H,19,21). The average molecular weight is 309 g/mol. The molecule has 0 spiro atoms. The van der Waals surface area contributed by atoms with Crippen molar-refractivity contribution in [2.75, 3.05) is 11.9 Å². The van der Waals surface area contributed by atoms with Gasteiger partial charge in [-0.2, -0.15) is 0 Å². The van der Waals surface area contributed by atoms with E-state index in [2.05, 4.69) is 39.8 Å². The van der Waals surface area contributed by atoms with Crippen LogP contribution in [0.4, 0.5) is 6.01 Å². The van der Waals surface area contributed by atoms with E-state index in [1.165, 1.54) is 5.56 Å². The van der Waals surface area contributed by atoms with Crippen molar-refractivity contribution in [1.29, 1.82) is 0 Å². The van der Waals surface area contributed by atoms with Crippen LogP contribution in [-0.4, -0.2) is 16.7 Å². The molecule has 23 heavy (non-hydrogen) atoms. The highest BCUT2D eigenvalue weighted by molar-refractivity contribution is 5.30. The zero-order valence-corrected chi connectivity index (χ0v) is 13.0. The number of nitrogens with zero attached hydrogens (tertiary/aromatic N) is 2. The Labute approximate surface area is 135 Å². The van der Waals surface area contributed by atoms with Crippen molar-refractivity contribution in [3.05, 3.63) is 71.6 Å². The second-order valence-corrected chi connectivity index (χ2v) is 5.22. The summed E-state index contributed by atoms with van der Waals surface area (Å²) in [6, 6.07) is 18.7. The minimum Gasteiger partial charge on any atom is -0.489 e. The van der Waals surface area contributed by atoms with Gasteiger partial charge in [0.1, 0.15) is 12.4 Å². The molecule has 1 N–H and O–H groups in total. The highest BCUT2D eigenvalue weighted by Gasteiger charge is 2.02. The first-order valence-corrected chi connectivity index (χ1v) is 7.59. The molecule has 0 aliphatic rings. The predicted octanol–water partition coefficient (Wildman–Crippen LogP) is 3.61. The fourth-order valence-corrected chi connectivity index (χ4v) is 2.21. The molecule has 0 saturated heterocycles. The first-order valence-electron chi connectivity index (χ1n) is 7.59. The summed E-state index contributed by atoms with van der Waals surface area (Å²) >= 11 is 0. The van der Waals surface area contributed by atoms with E-state index in [0.29, 0.717) is 18.5 Å². The zero-order chi connectivity index (χ0) is 15.9. The van der Waals surface area contributed by atoms with E-state index >= 15 is 0 Å². The normalized spacial score (nSPS) is 10.5. The smallest absolute Gasteiger partial charge is 0.315 e. The minimum absolute atomic E-state index is 0.457. The Morgan fingerprint density at radius 3 is 2.61 bits per heavy atom. The fraction of sp³-hybridized carbons (Fsp3) is 0.222. The van der Waals surface area contributed by atoms with Crippen molar-refractivity contribution in [1.82, 2.24) is 10.2 Å². The third-order valence-corrected chi connectivity index (χ3v) is 3.36. The topological polar surface area (TPSA) is 60.2 Å². The minimum atomic E-state index is 0.457. The Morgan fingerprint density at radius 2 is 1.83 bits per heavy atom. The van der Waals surface area contributed by atoms with E-state index in [0.717, 1.165) is 24.3 Å². The molecule has 3 aromatic rings. The van der Waals surface area contributed by atoms with E-state index in [1.807, 2.05) is 30.3 Å². The van der Waals surface area contributed by atoms with Gasteiger partial charge in [0.05, 0.1) is 0 Å². The second kappa shape index (κ2) is 7.45. The van der Waals surface area contributed by atoms with E-state index in [4.69, 9.17) is 9.15 Å². The number of aromatic nitrogens is 2. The Morgan fingerprint density at radius 1 is 1.00 bits per heavy atom. The van der Waals surface area contributed by atoms with Crippen LogP contribution >= 0.6 is 0 Å². The molecule has 0 bridgehead atoms. The summed E-state index contributed by atoms with van der Waals surface area (Å²) < 4.78 is 11.1. The van der Waals surface area contributed by atoms with Crippen molar-refractivity contribution in [3.8, 4) is 5.75 Å². The van der Waals surface area contributed by atoms with Crippen LogP contribution in [0, 0.1) is 6.92 Å². The number of aryl methyl sites for hydroxylation is 1. The number of hydrogen-bond donors (Lipinski definition) is 1. The molecule has 0 unspecified atom stereocenters. The fourth-order valence-electron chi connectivity index (χ4n) is 2.21. The van der Waals surface area contributed by atoms with Crippen molar-refractivity contribution in [2.24, 2.45) is 0 Å². The molecule has 0 aliphatic heterocycles. The molecule has 118 valence electrons. The third kappa shape index (κ3) is 4.57. The summed E-state index contributed by atoms with van der Waals surface area (Å²) in [6.07, 6.45) is 0.851. The van der Waals surface area contributed by atoms with Crippen LogP contribution in [0.1, 0.15) is 17.0 Å². The monoisotopic (exact) mass is 309 g/mol. The van der Waals surface area contributed by atoms with Crippen molar-refractivity contribution < 1.29 is 9.15 Å². The van der Waals surface area contributed by atoms with E-state index in [1.54, 1.807) is 6.92 Å². The quantitative estimate of drug-likeness (QED) is 0.722. The summed E-state index contributed by atoms with van der Waals surface area (Å²) in [6.45, 7) is 3.07. The van der Waals surface area contributed by atoms with Gasteiger partial charge in [0, 0.05) is 13.5 Å². The van der Waals surface area contributed by atoms with Crippen LogP contribution in [0.15, 0.2) is 59.0 Å². The highest BCUT2D eigenvalue weighted by Crippen LogP contribution is 2.16. The lowest BCUT2D eigenvalue weighted by atomic mass is 10.1. The summed E-state index contributed by atoms with van der Waals surface area (Å²) in [5.74, 6) is 1.43. The van der Waals surface area contributed by atoms with E-state index in [-0.39, 0.29) is 0 Å². The first kappa shape index (κ1) is 15.1. The SMILES string of the molecule is Cc1nnc(NCCc2cccc(OCc3ccccc3)c2)o1. The Hall–Kier alpha value is -2.82. The van der Waals surface area contributed by atoms with Gasteiger partial charge in [-0.25, -0.2) is 0 Å². The van der Waals surface area contributed by atoms with Crippen molar-refractivity contribution >= 4 is 6.01 Å². The predicted molar refractivity (Wildman–Crippen MR) is 88.4 cm³/mol. The van der Waals surface area contributed by atoms with Gasteiger partial charge in [0.2, 0.25) is 5.89 Å². The Kier molecular flexibility index (Phi) is 4.88. The van der Waals surface area contributed by atoms with Crippen LogP contribution in [0.3, 0.4) is 0 Å². The van der Waals surface area contributed by atoms with Crippen LogP contribution in [0.2, 0.25) is 0 Å². The number of anilines is 1. The maximum atomic E-state index is 5.84. The van der Waals surface area contributed by atoms with E-state index < -0.39 is 0 Å². The molecular formula is C18H19N3O2. The molecule has 0 amide bonds. The van der Waals surface area contributed by atoms with Gasteiger partial charge in [0.25, 0.3) is 0 Å². The van der Waals surface area contributed by atoms with Crippen LogP contribution in [-0.2, 0) is 13.0 Å². The van der Waals surface area contributed by atoms with Crippen molar-refractivity contribution in [3.63, 3.8) is 0 Å². The van der Waals surface area contributed by atoms with Gasteiger partial charge < -0.3 is 14.5 Å². The maximum absolute atomic E-state index is 5.84. The van der Waals surface area contributed by atoms with E-state index in [9.17, 15) is 0 Å². The largest absolute Gasteiger partial charge is 0.489 e. The summed E-state index contributed by atoms with van der Waals surface area (Å²) in [7, 11) is 0. The average Bonchev–Trinajstić information content (AvgIpc) is 3.00. The van der Waals surface area contributed by atoms with Gasteiger partial charge in [-0.15, -0.1) is 5.10 Å². The molecule has 5 nitrogen and oxygen atoms in total. The molecular weight excluding hydrogens is 290 g/mol. The number of rotatable bonds is 7. The lowest BCUT2D eigenvalue weighted by molar-refractivity contribution is 0.306. The summed E-state index contributed by atoms with van der Waals surface area (Å²) in [5, 5.41) is 10.8. The van der Waals surface area contributed by atoms with Gasteiger partial charge in [-0.05, 0) is 29.7 Å². The molecule has 3 rings (SSSR count). The summed E-state index contributed by atoms with van der Waals surface area (Å²) in [5.41, 5.74) is 2.35. The molecule has 0 radical (unpaired) electrons.